The SMILES string of the molecule is CN1C(c2ccccc2)N1N(Cc1ccc(-n2c3ccccc3c3ccccc32)cc1)Cc1cccc(C#N)c1. The number of para-hydroxylation sites is 2. The Balaban J connectivity index is 1.21. The maximum Gasteiger partial charge on any atom is 0.131 e. The van der Waals surface area contributed by atoms with Crippen molar-refractivity contribution >= 4 is 21.8 Å². The molecular weight excluding hydrogens is 490 g/mol. The van der Waals surface area contributed by atoms with Gasteiger partial charge < -0.3 is 4.57 Å². The van der Waals surface area contributed by atoms with Crippen molar-refractivity contribution in [2.45, 2.75) is 19.3 Å². The first-order valence-corrected chi connectivity index (χ1v) is 13.6. The molecule has 1 aromatic heterocycles. The standard InChI is InChI=1S/C35H29N5/c1-37-35(29-12-3-2-4-13-29)40(37)38(25-28-11-9-10-27(22-28)23-36)24-26-18-20-30(21-19-26)39-33-16-7-5-14-31(33)32-15-6-8-17-34(32)39/h2-22,35H,24-25H2,1H3. The van der Waals surface area contributed by atoms with Gasteiger partial charge in [-0.15, -0.1) is 5.12 Å². The van der Waals surface area contributed by atoms with Gasteiger partial charge >= 0.3 is 0 Å². The molecule has 0 N–H and O–H groups in total. The smallest absolute Gasteiger partial charge is 0.131 e. The van der Waals surface area contributed by atoms with Gasteiger partial charge in [-0.2, -0.15) is 5.26 Å². The molecule has 5 nitrogen and oxygen atoms in total. The maximum absolute atomic E-state index is 9.44. The third-order valence-electron chi connectivity index (χ3n) is 7.79. The van der Waals surface area contributed by atoms with Crippen LogP contribution in [-0.2, 0) is 13.1 Å². The van der Waals surface area contributed by atoms with Crippen LogP contribution in [0.4, 0.5) is 0 Å². The minimum Gasteiger partial charge on any atom is -0.309 e. The van der Waals surface area contributed by atoms with Crippen molar-refractivity contribution in [1.82, 2.24) is 19.7 Å². The number of hydrogen-bond acceptors (Lipinski definition) is 4. The minimum atomic E-state index is 0.192. The van der Waals surface area contributed by atoms with Crippen LogP contribution in [0.15, 0.2) is 127 Å². The number of benzene rings is 5. The van der Waals surface area contributed by atoms with Crippen LogP contribution in [0.3, 0.4) is 0 Å². The van der Waals surface area contributed by atoms with Crippen molar-refractivity contribution < 1.29 is 0 Å². The summed E-state index contributed by atoms with van der Waals surface area (Å²) in [5.41, 5.74) is 7.88. The van der Waals surface area contributed by atoms with E-state index in [1.165, 1.54) is 32.9 Å². The maximum atomic E-state index is 9.44. The third kappa shape index (κ3) is 4.35. The first-order chi connectivity index (χ1) is 19.7. The van der Waals surface area contributed by atoms with Crippen molar-refractivity contribution in [2.24, 2.45) is 0 Å². The van der Waals surface area contributed by atoms with Crippen molar-refractivity contribution in [2.75, 3.05) is 7.05 Å². The second-order valence-electron chi connectivity index (χ2n) is 10.3. The van der Waals surface area contributed by atoms with E-state index in [9.17, 15) is 5.26 Å². The number of hydrazine groups is 2. The number of hydrogen-bond donors (Lipinski definition) is 0. The molecule has 0 bridgehead atoms. The fraction of sp³-hybridized carbons (Fsp3) is 0.114. The van der Waals surface area contributed by atoms with Crippen LogP contribution >= 0.6 is 0 Å². The van der Waals surface area contributed by atoms with Crippen LogP contribution in [0.5, 0.6) is 0 Å². The summed E-state index contributed by atoms with van der Waals surface area (Å²) in [6.07, 6.45) is 0.192. The van der Waals surface area contributed by atoms with E-state index in [1.807, 2.05) is 18.2 Å². The average molecular weight is 520 g/mol. The summed E-state index contributed by atoms with van der Waals surface area (Å²) in [6, 6.07) is 46.9. The van der Waals surface area contributed by atoms with Crippen molar-refractivity contribution in [1.29, 1.82) is 5.26 Å². The Morgan fingerprint density at radius 1 is 0.675 bits per heavy atom. The Kier molecular flexibility index (Phi) is 6.14. The molecule has 0 radical (unpaired) electrons. The molecule has 1 aliphatic heterocycles. The zero-order valence-corrected chi connectivity index (χ0v) is 22.4. The minimum absolute atomic E-state index is 0.192. The van der Waals surface area contributed by atoms with Crippen LogP contribution in [-0.4, -0.2) is 26.8 Å². The van der Waals surface area contributed by atoms with Gasteiger partial charge in [-0.3, -0.25) is 0 Å². The number of nitrogens with zero attached hydrogens (tertiary/aromatic N) is 5. The highest BCUT2D eigenvalue weighted by Gasteiger charge is 2.47. The molecule has 194 valence electrons. The highest BCUT2D eigenvalue weighted by molar-refractivity contribution is 6.09. The molecule has 5 aromatic carbocycles. The van der Waals surface area contributed by atoms with Crippen molar-refractivity contribution in [3.05, 3.63) is 150 Å². The summed E-state index contributed by atoms with van der Waals surface area (Å²) >= 11 is 0. The van der Waals surface area contributed by atoms with E-state index in [0.29, 0.717) is 12.1 Å². The lowest BCUT2D eigenvalue weighted by atomic mass is 10.1. The molecule has 6 aromatic rings. The highest BCUT2D eigenvalue weighted by Crippen LogP contribution is 2.42. The van der Waals surface area contributed by atoms with Gasteiger partial charge in [0.15, 0.2) is 0 Å². The molecule has 0 amide bonds. The number of nitriles is 1. The molecule has 2 heterocycles. The summed E-state index contributed by atoms with van der Waals surface area (Å²) in [6.45, 7) is 1.45. The Morgan fingerprint density at radius 3 is 1.98 bits per heavy atom. The summed E-state index contributed by atoms with van der Waals surface area (Å²) in [5.74, 6) is 0. The monoisotopic (exact) mass is 519 g/mol. The average Bonchev–Trinajstić information content (AvgIpc) is 3.57. The van der Waals surface area contributed by atoms with Gasteiger partial charge in [0, 0.05) is 36.6 Å². The topological polar surface area (TPSA) is 38.0 Å². The third-order valence-corrected chi connectivity index (χ3v) is 7.79. The number of fused-ring (bicyclic) bond motifs is 3. The van der Waals surface area contributed by atoms with Crippen LogP contribution in [0.25, 0.3) is 27.5 Å². The lowest BCUT2D eigenvalue weighted by Crippen LogP contribution is -2.31. The Morgan fingerprint density at radius 2 is 1.30 bits per heavy atom. The summed E-state index contributed by atoms with van der Waals surface area (Å²) in [7, 11) is 2.13. The zero-order valence-electron chi connectivity index (χ0n) is 22.4. The summed E-state index contributed by atoms with van der Waals surface area (Å²) in [5, 5.41) is 18.9. The fourth-order valence-corrected chi connectivity index (χ4v) is 5.88. The first kappa shape index (κ1) is 24.3. The quantitative estimate of drug-likeness (QED) is 0.206. The van der Waals surface area contributed by atoms with Crippen molar-refractivity contribution in [3.8, 4) is 11.8 Å². The molecule has 0 aliphatic carbocycles. The Bertz CT molecular complexity index is 1800. The molecule has 1 saturated heterocycles. The van der Waals surface area contributed by atoms with Gasteiger partial charge in [-0.1, -0.05) is 91.0 Å². The molecule has 1 fully saturated rings. The van der Waals surface area contributed by atoms with Gasteiger partial charge in [0.2, 0.25) is 0 Å². The van der Waals surface area contributed by atoms with E-state index >= 15 is 0 Å². The largest absolute Gasteiger partial charge is 0.309 e. The van der Waals surface area contributed by atoms with Crippen LogP contribution in [0, 0.1) is 11.3 Å². The van der Waals surface area contributed by atoms with Gasteiger partial charge in [0.25, 0.3) is 0 Å². The predicted molar refractivity (Wildman–Crippen MR) is 160 cm³/mol. The molecule has 0 saturated carbocycles. The second-order valence-corrected chi connectivity index (χ2v) is 10.3. The van der Waals surface area contributed by atoms with E-state index < -0.39 is 0 Å². The van der Waals surface area contributed by atoms with Gasteiger partial charge in [-0.25, -0.2) is 10.0 Å². The van der Waals surface area contributed by atoms with E-state index in [4.69, 9.17) is 0 Å². The fourth-order valence-electron chi connectivity index (χ4n) is 5.88. The summed E-state index contributed by atoms with van der Waals surface area (Å²) in [4.78, 5) is 0. The normalized spacial score (nSPS) is 18.3. The number of aromatic nitrogens is 1. The molecule has 3 atom stereocenters. The molecule has 5 heteroatoms. The Hall–Kier alpha value is -4.73. The lowest BCUT2D eigenvalue weighted by Gasteiger charge is -2.24. The van der Waals surface area contributed by atoms with Gasteiger partial charge in [-0.05, 0) is 53.1 Å². The second kappa shape index (κ2) is 10.1. The lowest BCUT2D eigenvalue weighted by molar-refractivity contribution is 0.00172. The summed E-state index contributed by atoms with van der Waals surface area (Å²) < 4.78 is 2.35. The van der Waals surface area contributed by atoms with E-state index in [1.54, 1.807) is 0 Å². The van der Waals surface area contributed by atoms with Gasteiger partial charge in [0.1, 0.15) is 6.17 Å². The van der Waals surface area contributed by atoms with E-state index in [-0.39, 0.29) is 6.17 Å². The molecule has 3 unspecified atom stereocenters. The van der Waals surface area contributed by atoms with Crippen molar-refractivity contribution in [3.63, 3.8) is 0 Å². The highest BCUT2D eigenvalue weighted by atomic mass is 16.0. The molecule has 40 heavy (non-hydrogen) atoms. The molecular formula is C35H29N5. The number of rotatable bonds is 7. The first-order valence-electron chi connectivity index (χ1n) is 13.6. The van der Waals surface area contributed by atoms with E-state index in [0.717, 1.165) is 17.8 Å². The Labute approximate surface area is 234 Å². The van der Waals surface area contributed by atoms with E-state index in [2.05, 4.69) is 142 Å². The molecule has 1 aliphatic rings. The molecule has 0 spiro atoms. The van der Waals surface area contributed by atoms with Crippen LogP contribution in [0.1, 0.15) is 28.4 Å². The predicted octanol–water partition coefficient (Wildman–Crippen LogP) is 7.43. The van der Waals surface area contributed by atoms with Crippen LogP contribution < -0.4 is 0 Å². The van der Waals surface area contributed by atoms with Crippen LogP contribution in [0.2, 0.25) is 0 Å². The molecule has 7 rings (SSSR count). The zero-order chi connectivity index (χ0) is 27.1. The van der Waals surface area contributed by atoms with Gasteiger partial charge in [0.05, 0.1) is 22.7 Å².